The minimum atomic E-state index is 0.216. The third-order valence-corrected chi connectivity index (χ3v) is 0.332. The van der Waals surface area contributed by atoms with Crippen molar-refractivity contribution in [3.63, 3.8) is 0 Å². The molecule has 0 aromatic rings. The molecule has 0 fully saturated rings. The molecule has 3 nitrogen and oxygen atoms in total. The normalized spacial score (nSPS) is 7.71. The molecule has 0 atom stereocenters. The van der Waals surface area contributed by atoms with Crippen molar-refractivity contribution in [2.75, 3.05) is 0 Å². The third-order valence-electron chi connectivity index (χ3n) is 0.332. The van der Waals surface area contributed by atoms with E-state index in [1.54, 1.807) is 6.07 Å². The Balaban J connectivity index is 3.19. The first-order valence-corrected chi connectivity index (χ1v) is 1.69. The topological polar surface area (TPSA) is 59.9 Å². The lowest BCUT2D eigenvalue weighted by Crippen LogP contribution is -1.64. The highest BCUT2D eigenvalue weighted by Gasteiger charge is 1.66. The summed E-state index contributed by atoms with van der Waals surface area (Å²) in [7, 11) is 0. The van der Waals surface area contributed by atoms with E-state index in [2.05, 4.69) is 4.99 Å². The summed E-state index contributed by atoms with van der Waals surface area (Å²) in [5.74, 6) is 0. The smallest absolute Gasteiger partial charge is 0.198 e. The van der Waals surface area contributed by atoms with Crippen molar-refractivity contribution in [2.24, 2.45) is 4.99 Å². The van der Waals surface area contributed by atoms with Crippen LogP contribution in [0.4, 0.5) is 0 Å². The van der Waals surface area contributed by atoms with Gasteiger partial charge in [0.2, 0.25) is 6.19 Å². The van der Waals surface area contributed by atoms with E-state index in [1.807, 2.05) is 0 Å². The third kappa shape index (κ3) is 4.65. The van der Waals surface area contributed by atoms with Gasteiger partial charge in [-0.25, -0.2) is 0 Å². The van der Waals surface area contributed by atoms with Crippen LogP contribution < -0.4 is 0 Å². The van der Waals surface area contributed by atoms with Gasteiger partial charge < -0.3 is 0 Å². The van der Waals surface area contributed by atoms with E-state index < -0.39 is 0 Å². The minimum Gasteiger partial charge on any atom is -0.198 e. The summed E-state index contributed by atoms with van der Waals surface area (Å²) < 4.78 is 0. The molecule has 3 heteroatoms. The maximum absolute atomic E-state index is 7.84. The first-order chi connectivity index (χ1) is 3.41. The summed E-state index contributed by atoms with van der Waals surface area (Å²) >= 11 is 0. The van der Waals surface area contributed by atoms with Crippen LogP contribution in [-0.4, -0.2) is 6.21 Å². The van der Waals surface area contributed by atoms with Gasteiger partial charge in [0, 0.05) is 6.21 Å². The van der Waals surface area contributed by atoms with Gasteiger partial charge in [-0.2, -0.15) is 15.5 Å². The van der Waals surface area contributed by atoms with Gasteiger partial charge >= 0.3 is 0 Å². The Labute approximate surface area is 41.5 Å². The Hall–Kier alpha value is -1.35. The molecular formula is C4H3N3. The molecule has 0 amide bonds. The fraction of sp³-hybridized carbons (Fsp3) is 0.250. The number of hydrogen-bond donors (Lipinski definition) is 0. The van der Waals surface area contributed by atoms with Crippen LogP contribution in [-0.2, 0) is 0 Å². The first kappa shape index (κ1) is 5.65. The molecule has 0 saturated heterocycles. The average Bonchev–Trinajstić information content (AvgIpc) is 1.69. The van der Waals surface area contributed by atoms with Crippen molar-refractivity contribution in [3.8, 4) is 12.3 Å². The van der Waals surface area contributed by atoms with Gasteiger partial charge in [-0.3, -0.25) is 0 Å². The predicted molar refractivity (Wildman–Crippen MR) is 24.3 cm³/mol. The second kappa shape index (κ2) is 4.65. The molecule has 34 valence electrons. The number of hydrogen-bond acceptors (Lipinski definition) is 3. The molecule has 0 N–H and O–H groups in total. The lowest BCUT2D eigenvalue weighted by atomic mass is 10.5. The van der Waals surface area contributed by atoms with Crippen molar-refractivity contribution in [3.05, 3.63) is 0 Å². The summed E-state index contributed by atoms with van der Waals surface area (Å²) in [6.07, 6.45) is 3.00. The van der Waals surface area contributed by atoms with E-state index in [4.69, 9.17) is 10.5 Å². The predicted octanol–water partition coefficient (Wildman–Crippen LogP) is 0.452. The zero-order chi connectivity index (χ0) is 5.54. The van der Waals surface area contributed by atoms with Gasteiger partial charge in [0.25, 0.3) is 0 Å². The minimum absolute atomic E-state index is 0.216. The fourth-order valence-electron chi connectivity index (χ4n) is 0.127. The van der Waals surface area contributed by atoms with E-state index in [1.165, 1.54) is 12.4 Å². The number of aliphatic imine (C=N–C) groups is 1. The summed E-state index contributed by atoms with van der Waals surface area (Å²) in [6.45, 7) is 0. The molecule has 0 unspecified atom stereocenters. The summed E-state index contributed by atoms with van der Waals surface area (Å²) in [6, 6.07) is 1.80. The van der Waals surface area contributed by atoms with Crippen LogP contribution in [0.2, 0.25) is 0 Å². The fourth-order valence-corrected chi connectivity index (χ4v) is 0.127. The highest BCUT2D eigenvalue weighted by Crippen LogP contribution is 1.64. The molecule has 7 heavy (non-hydrogen) atoms. The molecule has 0 rings (SSSR count). The molecule has 0 saturated carbocycles. The summed E-state index contributed by atoms with van der Waals surface area (Å²) in [5.41, 5.74) is 0. The monoisotopic (exact) mass is 93.0 g/mol. The Morgan fingerprint density at radius 2 is 2.29 bits per heavy atom. The summed E-state index contributed by atoms with van der Waals surface area (Å²) in [5, 5.41) is 15.6. The zero-order valence-electron chi connectivity index (χ0n) is 3.63. The standard InChI is InChI=1S/C4H3N3/c5-2-1-3-7-4-6/h3H,1H2. The van der Waals surface area contributed by atoms with Gasteiger partial charge in [0.15, 0.2) is 0 Å². The van der Waals surface area contributed by atoms with Crippen molar-refractivity contribution in [1.29, 1.82) is 10.5 Å². The maximum atomic E-state index is 7.84. The van der Waals surface area contributed by atoms with Crippen molar-refractivity contribution in [2.45, 2.75) is 6.42 Å². The Bertz CT molecular complexity index is 134. The number of rotatable bonds is 1. The van der Waals surface area contributed by atoms with E-state index in [9.17, 15) is 0 Å². The lowest BCUT2D eigenvalue weighted by Gasteiger charge is -1.61. The van der Waals surface area contributed by atoms with E-state index >= 15 is 0 Å². The molecule has 0 aliphatic rings. The van der Waals surface area contributed by atoms with Crippen molar-refractivity contribution < 1.29 is 0 Å². The van der Waals surface area contributed by atoms with Crippen LogP contribution in [0.1, 0.15) is 6.42 Å². The highest BCUT2D eigenvalue weighted by atomic mass is 14.7. The van der Waals surface area contributed by atoms with Gasteiger partial charge in [-0.1, -0.05) is 0 Å². The average molecular weight is 93.1 g/mol. The second-order valence-corrected chi connectivity index (χ2v) is 0.774. The number of nitrogens with zero attached hydrogens (tertiary/aromatic N) is 3. The molecule has 0 bridgehead atoms. The SMILES string of the molecule is N#CCC=NC#N. The van der Waals surface area contributed by atoms with E-state index in [0.29, 0.717) is 0 Å². The van der Waals surface area contributed by atoms with Crippen LogP contribution in [0.15, 0.2) is 4.99 Å². The van der Waals surface area contributed by atoms with Gasteiger partial charge in [-0.05, 0) is 0 Å². The highest BCUT2D eigenvalue weighted by molar-refractivity contribution is 5.61. The molecule has 0 heterocycles. The Morgan fingerprint density at radius 3 is 2.71 bits per heavy atom. The van der Waals surface area contributed by atoms with Crippen molar-refractivity contribution >= 4 is 6.21 Å². The number of nitriles is 2. The Kier molecular flexibility index (Phi) is 3.75. The van der Waals surface area contributed by atoms with Crippen LogP contribution in [0, 0.1) is 22.8 Å². The molecule has 0 aliphatic carbocycles. The lowest BCUT2D eigenvalue weighted by molar-refractivity contribution is 1.39. The zero-order valence-corrected chi connectivity index (χ0v) is 3.63. The van der Waals surface area contributed by atoms with E-state index in [0.717, 1.165) is 0 Å². The molecule has 0 radical (unpaired) electrons. The van der Waals surface area contributed by atoms with Crippen LogP contribution >= 0.6 is 0 Å². The van der Waals surface area contributed by atoms with Crippen LogP contribution in [0.25, 0.3) is 0 Å². The molecule has 0 spiro atoms. The van der Waals surface area contributed by atoms with E-state index in [-0.39, 0.29) is 6.42 Å². The first-order valence-electron chi connectivity index (χ1n) is 1.69. The maximum Gasteiger partial charge on any atom is 0.205 e. The quantitative estimate of drug-likeness (QED) is 0.349. The van der Waals surface area contributed by atoms with Crippen LogP contribution in [0.5, 0.6) is 0 Å². The van der Waals surface area contributed by atoms with Gasteiger partial charge in [0.05, 0.1) is 12.5 Å². The van der Waals surface area contributed by atoms with Crippen LogP contribution in [0.3, 0.4) is 0 Å². The molecular weight excluding hydrogens is 90.1 g/mol. The molecule has 0 aromatic carbocycles. The van der Waals surface area contributed by atoms with Crippen molar-refractivity contribution in [1.82, 2.24) is 0 Å². The molecule has 0 aliphatic heterocycles. The second-order valence-electron chi connectivity index (χ2n) is 0.774. The van der Waals surface area contributed by atoms with Gasteiger partial charge in [0.1, 0.15) is 0 Å². The summed E-state index contributed by atoms with van der Waals surface area (Å²) in [4.78, 5) is 3.12. The van der Waals surface area contributed by atoms with Gasteiger partial charge in [-0.15, -0.1) is 0 Å². The Morgan fingerprint density at radius 1 is 1.57 bits per heavy atom. The largest absolute Gasteiger partial charge is 0.205 e. The molecule has 0 aromatic heterocycles.